The molecule has 0 aromatic heterocycles. The van der Waals surface area contributed by atoms with Gasteiger partial charge < -0.3 is 10.5 Å². The fourth-order valence-corrected chi connectivity index (χ4v) is 3.42. The lowest BCUT2D eigenvalue weighted by molar-refractivity contribution is 0.0714. The third-order valence-electron chi connectivity index (χ3n) is 4.75. The number of primary amides is 1. The Hall–Kier alpha value is -2.82. The van der Waals surface area contributed by atoms with Crippen LogP contribution < -0.4 is 10.5 Å². The van der Waals surface area contributed by atoms with Crippen LogP contribution in [0.2, 0.25) is 0 Å². The van der Waals surface area contributed by atoms with Crippen LogP contribution in [-0.2, 0) is 6.61 Å². The highest BCUT2D eigenvalue weighted by Gasteiger charge is 2.31. The molecule has 0 unspecified atom stereocenters. The zero-order valence-corrected chi connectivity index (χ0v) is 14.8. The van der Waals surface area contributed by atoms with E-state index in [4.69, 9.17) is 10.5 Å². The summed E-state index contributed by atoms with van der Waals surface area (Å²) in [4.78, 5) is 26.3. The van der Waals surface area contributed by atoms with Gasteiger partial charge in [0.15, 0.2) is 0 Å². The lowest BCUT2D eigenvalue weighted by Crippen LogP contribution is -2.48. The number of imide groups is 1. The molecule has 0 heterocycles. The van der Waals surface area contributed by atoms with Gasteiger partial charge in [-0.2, -0.15) is 0 Å². The van der Waals surface area contributed by atoms with Gasteiger partial charge in [-0.3, -0.25) is 9.69 Å². The van der Waals surface area contributed by atoms with Crippen LogP contribution in [0.15, 0.2) is 54.6 Å². The summed E-state index contributed by atoms with van der Waals surface area (Å²) in [5, 5.41) is 0. The van der Waals surface area contributed by atoms with Gasteiger partial charge >= 0.3 is 6.03 Å². The minimum absolute atomic E-state index is 0.129. The van der Waals surface area contributed by atoms with E-state index in [-0.39, 0.29) is 11.9 Å². The monoisotopic (exact) mass is 352 g/mol. The average Bonchev–Trinajstić information content (AvgIpc) is 2.68. The first kappa shape index (κ1) is 18.0. The minimum atomic E-state index is -0.695. The highest BCUT2D eigenvalue weighted by molar-refractivity contribution is 6.05. The summed E-state index contributed by atoms with van der Waals surface area (Å²) in [5.74, 6) is 0.0801. The Morgan fingerprint density at radius 3 is 2.31 bits per heavy atom. The molecule has 1 aliphatic rings. The molecule has 0 atom stereocenters. The molecule has 3 amide bonds. The molecule has 5 heteroatoms. The molecule has 0 aliphatic heterocycles. The average molecular weight is 352 g/mol. The number of benzene rings is 2. The van der Waals surface area contributed by atoms with Gasteiger partial charge in [0.05, 0.1) is 5.56 Å². The van der Waals surface area contributed by atoms with E-state index in [9.17, 15) is 9.59 Å². The van der Waals surface area contributed by atoms with E-state index in [0.29, 0.717) is 17.9 Å². The zero-order chi connectivity index (χ0) is 18.4. The first-order chi connectivity index (χ1) is 12.7. The van der Waals surface area contributed by atoms with Crippen molar-refractivity contribution in [3.63, 3.8) is 0 Å². The maximum Gasteiger partial charge on any atom is 0.322 e. The number of carbonyl (C=O) groups excluding carboxylic acids is 2. The highest BCUT2D eigenvalue weighted by atomic mass is 16.5. The minimum Gasteiger partial charge on any atom is -0.488 e. The second-order valence-corrected chi connectivity index (χ2v) is 6.58. The molecule has 1 fully saturated rings. The van der Waals surface area contributed by atoms with Crippen molar-refractivity contribution in [2.75, 3.05) is 0 Å². The third kappa shape index (κ3) is 4.23. The molecule has 0 spiro atoms. The number of nitrogens with zero attached hydrogens (tertiary/aromatic N) is 1. The number of amides is 3. The van der Waals surface area contributed by atoms with Crippen molar-refractivity contribution in [2.45, 2.75) is 44.8 Å². The third-order valence-corrected chi connectivity index (χ3v) is 4.75. The van der Waals surface area contributed by atoms with Gasteiger partial charge in [0.25, 0.3) is 5.91 Å². The predicted molar refractivity (Wildman–Crippen MR) is 99.8 cm³/mol. The number of hydrogen-bond acceptors (Lipinski definition) is 3. The van der Waals surface area contributed by atoms with Crippen LogP contribution in [0.5, 0.6) is 5.75 Å². The van der Waals surface area contributed by atoms with Crippen molar-refractivity contribution in [1.29, 1.82) is 0 Å². The summed E-state index contributed by atoms with van der Waals surface area (Å²) >= 11 is 0. The smallest absolute Gasteiger partial charge is 0.322 e. The maximum absolute atomic E-state index is 13.1. The van der Waals surface area contributed by atoms with Gasteiger partial charge in [0.2, 0.25) is 0 Å². The van der Waals surface area contributed by atoms with Crippen molar-refractivity contribution in [1.82, 2.24) is 4.90 Å². The Kier molecular flexibility index (Phi) is 5.89. The maximum atomic E-state index is 13.1. The highest BCUT2D eigenvalue weighted by Crippen LogP contribution is 2.27. The van der Waals surface area contributed by atoms with Gasteiger partial charge in [-0.15, -0.1) is 0 Å². The van der Waals surface area contributed by atoms with E-state index in [1.807, 2.05) is 36.4 Å². The summed E-state index contributed by atoms with van der Waals surface area (Å²) in [5.41, 5.74) is 6.92. The van der Waals surface area contributed by atoms with Crippen LogP contribution in [0, 0.1) is 0 Å². The molecule has 1 saturated carbocycles. The van der Waals surface area contributed by atoms with Crippen LogP contribution in [0.1, 0.15) is 48.0 Å². The van der Waals surface area contributed by atoms with E-state index in [2.05, 4.69) is 0 Å². The topological polar surface area (TPSA) is 72.6 Å². The number of para-hydroxylation sites is 1. The van der Waals surface area contributed by atoms with Crippen LogP contribution >= 0.6 is 0 Å². The number of hydrogen-bond donors (Lipinski definition) is 1. The Morgan fingerprint density at radius 2 is 1.62 bits per heavy atom. The largest absolute Gasteiger partial charge is 0.488 e. The molecule has 0 radical (unpaired) electrons. The van der Waals surface area contributed by atoms with Crippen molar-refractivity contribution in [3.05, 3.63) is 65.7 Å². The number of nitrogens with two attached hydrogens (primary N) is 1. The van der Waals surface area contributed by atoms with Gasteiger partial charge in [-0.25, -0.2) is 4.79 Å². The molecule has 0 bridgehead atoms. The summed E-state index contributed by atoms with van der Waals surface area (Å²) in [6, 6.07) is 15.9. The quantitative estimate of drug-likeness (QED) is 0.880. The Morgan fingerprint density at radius 1 is 0.962 bits per heavy atom. The SMILES string of the molecule is NC(=O)N(C(=O)c1ccccc1OCc1ccccc1)C1CCCCC1. The van der Waals surface area contributed by atoms with E-state index >= 15 is 0 Å². The molecule has 26 heavy (non-hydrogen) atoms. The van der Waals surface area contributed by atoms with Crippen molar-refractivity contribution in [3.8, 4) is 5.75 Å². The van der Waals surface area contributed by atoms with E-state index < -0.39 is 6.03 Å². The van der Waals surface area contributed by atoms with Crippen molar-refractivity contribution in [2.24, 2.45) is 5.73 Å². The van der Waals surface area contributed by atoms with Crippen LogP contribution in [-0.4, -0.2) is 22.9 Å². The molecule has 2 N–H and O–H groups in total. The molecule has 3 rings (SSSR count). The van der Waals surface area contributed by atoms with Gasteiger partial charge in [-0.1, -0.05) is 61.7 Å². The Balaban J connectivity index is 1.80. The Bertz CT molecular complexity index is 755. The van der Waals surface area contributed by atoms with Crippen molar-refractivity contribution < 1.29 is 14.3 Å². The molecule has 1 aliphatic carbocycles. The zero-order valence-electron chi connectivity index (χ0n) is 14.8. The van der Waals surface area contributed by atoms with Crippen LogP contribution in [0.4, 0.5) is 4.79 Å². The first-order valence-electron chi connectivity index (χ1n) is 9.05. The molecular formula is C21H24N2O3. The first-order valence-corrected chi connectivity index (χ1v) is 9.05. The molecule has 0 saturated heterocycles. The number of ether oxygens (including phenoxy) is 1. The number of rotatable bonds is 5. The van der Waals surface area contributed by atoms with Gasteiger partial charge in [0, 0.05) is 6.04 Å². The second-order valence-electron chi connectivity index (χ2n) is 6.58. The molecule has 5 nitrogen and oxygen atoms in total. The standard InChI is InChI=1S/C21H24N2O3/c22-21(25)23(17-11-5-2-6-12-17)20(24)18-13-7-8-14-19(18)26-15-16-9-3-1-4-10-16/h1,3-4,7-10,13-14,17H,2,5-6,11-12,15H2,(H2,22,25). The van der Waals surface area contributed by atoms with Gasteiger partial charge in [0.1, 0.15) is 12.4 Å². The lowest BCUT2D eigenvalue weighted by Gasteiger charge is -2.31. The van der Waals surface area contributed by atoms with Crippen molar-refractivity contribution >= 4 is 11.9 Å². The Labute approximate surface area is 153 Å². The summed E-state index contributed by atoms with van der Waals surface area (Å²) < 4.78 is 5.86. The molecule has 2 aromatic rings. The van der Waals surface area contributed by atoms with E-state index in [0.717, 1.165) is 37.7 Å². The van der Waals surface area contributed by atoms with E-state index in [1.54, 1.807) is 18.2 Å². The predicted octanol–water partition coefficient (Wildman–Crippen LogP) is 4.12. The lowest BCUT2D eigenvalue weighted by atomic mass is 9.94. The van der Waals surface area contributed by atoms with Gasteiger partial charge in [-0.05, 0) is 30.5 Å². The fraction of sp³-hybridized carbons (Fsp3) is 0.333. The van der Waals surface area contributed by atoms with E-state index in [1.165, 1.54) is 4.90 Å². The molecular weight excluding hydrogens is 328 g/mol. The van der Waals surface area contributed by atoms with Crippen LogP contribution in [0.3, 0.4) is 0 Å². The summed E-state index contributed by atoms with van der Waals surface area (Å²) in [6.07, 6.45) is 4.76. The number of carbonyl (C=O) groups is 2. The second kappa shape index (κ2) is 8.52. The molecule has 136 valence electrons. The number of urea groups is 1. The normalized spacial score (nSPS) is 14.6. The molecule has 2 aromatic carbocycles. The summed E-state index contributed by atoms with van der Waals surface area (Å²) in [7, 11) is 0. The van der Waals surface area contributed by atoms with Crippen LogP contribution in [0.25, 0.3) is 0 Å². The summed E-state index contributed by atoms with van der Waals surface area (Å²) in [6.45, 7) is 0.352. The fourth-order valence-electron chi connectivity index (χ4n) is 3.42.